The molecule has 0 amide bonds. The molecule has 1 atom stereocenters. The second kappa shape index (κ2) is 8.19. The van der Waals surface area contributed by atoms with Crippen LogP contribution in [0.5, 0.6) is 0 Å². The molecule has 0 fully saturated rings. The smallest absolute Gasteiger partial charge is 1.00 e. The first kappa shape index (κ1) is 20.3. The van der Waals surface area contributed by atoms with E-state index in [-0.39, 0.29) is 24.8 Å². The fraction of sp³-hybridized carbons (Fsp3) is 0.667. The number of halogens is 2. The van der Waals surface area contributed by atoms with Crippen molar-refractivity contribution in [2.75, 3.05) is 0 Å². The third-order valence-corrected chi connectivity index (χ3v) is 7.26. The normalized spacial score (nSPS) is 16.9. The summed E-state index contributed by atoms with van der Waals surface area (Å²) in [6.45, 7) is 11.2. The molecule has 1 aliphatic rings. The number of hydrogen-bond donors (Lipinski definition) is 0. The van der Waals surface area contributed by atoms with Gasteiger partial charge < -0.3 is 24.8 Å². The number of rotatable bonds is 4. The van der Waals surface area contributed by atoms with Gasteiger partial charge in [0.1, 0.15) is 0 Å². The average molecular weight is 328 g/mol. The van der Waals surface area contributed by atoms with Crippen LogP contribution in [0.2, 0.25) is 18.6 Å². The van der Waals surface area contributed by atoms with Gasteiger partial charge in [0.2, 0.25) is 0 Å². The van der Waals surface area contributed by atoms with Crippen molar-refractivity contribution in [3.8, 4) is 0 Å². The summed E-state index contributed by atoms with van der Waals surface area (Å²) in [7, 11) is -1.59. The first-order valence-corrected chi connectivity index (χ1v) is 9.40. The quantitative estimate of drug-likeness (QED) is 0.531. The maximum atomic E-state index is 6.13. The molecule has 0 saturated carbocycles. The molecule has 1 aliphatic carbocycles. The van der Waals surface area contributed by atoms with Crippen molar-refractivity contribution in [1.82, 2.24) is 0 Å². The van der Waals surface area contributed by atoms with E-state index in [4.69, 9.17) is 4.43 Å². The molecule has 1 nitrogen and oxygen atoms in total. The monoisotopic (exact) mass is 327 g/mol. The SMILES string of the molecule is CC(C)O[Si](C)(C)C(C)C1=[C]([Ti+2])CC=C1.[Cl-].[Cl-]. The summed E-state index contributed by atoms with van der Waals surface area (Å²) in [6, 6.07) is 0. The summed E-state index contributed by atoms with van der Waals surface area (Å²) < 4.78 is 7.65. The van der Waals surface area contributed by atoms with E-state index in [2.05, 4.69) is 66.5 Å². The van der Waals surface area contributed by atoms with E-state index >= 15 is 0 Å². The molecule has 0 aromatic carbocycles. The van der Waals surface area contributed by atoms with E-state index in [9.17, 15) is 0 Å². The first-order chi connectivity index (χ1) is 6.84. The van der Waals surface area contributed by atoms with Crippen molar-refractivity contribution in [3.05, 3.63) is 21.6 Å². The van der Waals surface area contributed by atoms with Gasteiger partial charge in [-0.3, -0.25) is 0 Å². The molecule has 97 valence electrons. The molecule has 1 rings (SSSR count). The summed E-state index contributed by atoms with van der Waals surface area (Å²) in [5, 5.41) is 0. The van der Waals surface area contributed by atoms with Gasteiger partial charge in [0.25, 0.3) is 0 Å². The molecule has 0 heterocycles. The first-order valence-electron chi connectivity index (χ1n) is 5.63. The van der Waals surface area contributed by atoms with Crippen LogP contribution in [0.25, 0.3) is 0 Å². The van der Waals surface area contributed by atoms with E-state index in [1.807, 2.05) is 0 Å². The van der Waals surface area contributed by atoms with Crippen molar-refractivity contribution in [2.24, 2.45) is 0 Å². The molecule has 0 saturated heterocycles. The topological polar surface area (TPSA) is 9.23 Å². The Hall–Kier alpha value is 0.951. The molecule has 0 aromatic rings. The Bertz CT molecular complexity index is 301. The molecule has 0 spiro atoms. The van der Waals surface area contributed by atoms with Gasteiger partial charge in [-0.1, -0.05) is 0 Å². The Morgan fingerprint density at radius 2 is 1.76 bits per heavy atom. The van der Waals surface area contributed by atoms with Crippen molar-refractivity contribution < 1.29 is 49.7 Å². The molecule has 5 heteroatoms. The standard InChI is InChI=1S/C12H21OSi.2ClH.Ti/c1-10(2)13-14(4,5)11(3)12-8-6-7-9-12;;;/h6,8,10-11H,7H2,1-5H3;2*1H;/q;;;+2/p-2. The van der Waals surface area contributed by atoms with E-state index in [1.54, 1.807) is 0 Å². The molecular weight excluding hydrogens is 307 g/mol. The van der Waals surface area contributed by atoms with Gasteiger partial charge >= 0.3 is 107 Å². The fourth-order valence-electron chi connectivity index (χ4n) is 2.01. The third kappa shape index (κ3) is 5.63. The summed E-state index contributed by atoms with van der Waals surface area (Å²) in [5.41, 5.74) is 2.12. The van der Waals surface area contributed by atoms with Gasteiger partial charge in [-0.15, -0.1) is 0 Å². The number of allylic oxidation sites excluding steroid dienone is 4. The molecule has 0 bridgehead atoms. The maximum Gasteiger partial charge on any atom is -1.00 e. The Morgan fingerprint density at radius 3 is 2.12 bits per heavy atom. The van der Waals surface area contributed by atoms with E-state index in [0.717, 1.165) is 6.42 Å². The Morgan fingerprint density at radius 1 is 1.24 bits per heavy atom. The van der Waals surface area contributed by atoms with Gasteiger partial charge in [0.05, 0.1) is 0 Å². The van der Waals surface area contributed by atoms with Gasteiger partial charge in [0, 0.05) is 0 Å². The zero-order valence-corrected chi connectivity index (χ0v) is 15.3. The Balaban J connectivity index is 0. The Kier molecular flexibility index (Phi) is 9.76. The van der Waals surface area contributed by atoms with Crippen LogP contribution in [0.4, 0.5) is 0 Å². The van der Waals surface area contributed by atoms with Crippen molar-refractivity contribution in [2.45, 2.75) is 51.9 Å². The zero-order chi connectivity index (χ0) is 11.6. The zero-order valence-electron chi connectivity index (χ0n) is 11.2. The largest absolute Gasteiger partial charge is 1.00 e. The predicted molar refractivity (Wildman–Crippen MR) is 63.9 cm³/mol. The second-order valence-corrected chi connectivity index (χ2v) is 10.3. The minimum Gasteiger partial charge on any atom is -1.00 e. The van der Waals surface area contributed by atoms with Crippen molar-refractivity contribution >= 4 is 8.32 Å². The summed E-state index contributed by atoms with van der Waals surface area (Å²) >= 11 is 2.24. The van der Waals surface area contributed by atoms with Crippen LogP contribution in [0.3, 0.4) is 0 Å². The van der Waals surface area contributed by atoms with Crippen LogP contribution in [0, 0.1) is 0 Å². The second-order valence-electron chi connectivity index (χ2n) is 5.03. The van der Waals surface area contributed by atoms with Crippen molar-refractivity contribution in [1.29, 1.82) is 0 Å². The van der Waals surface area contributed by atoms with Crippen LogP contribution < -0.4 is 24.8 Å². The van der Waals surface area contributed by atoms with Crippen LogP contribution >= 0.6 is 0 Å². The molecule has 17 heavy (non-hydrogen) atoms. The predicted octanol–water partition coefficient (Wildman–Crippen LogP) is -2.22. The van der Waals surface area contributed by atoms with Gasteiger partial charge in [-0.05, 0) is 0 Å². The Labute approximate surface area is 131 Å². The van der Waals surface area contributed by atoms with Gasteiger partial charge in [-0.2, -0.15) is 0 Å². The van der Waals surface area contributed by atoms with E-state index < -0.39 is 8.32 Å². The third-order valence-electron chi connectivity index (χ3n) is 3.02. The molecule has 0 N–H and O–H groups in total. The van der Waals surface area contributed by atoms with E-state index in [0.29, 0.717) is 11.6 Å². The van der Waals surface area contributed by atoms with Crippen LogP contribution in [0.15, 0.2) is 21.6 Å². The van der Waals surface area contributed by atoms with Crippen molar-refractivity contribution in [3.63, 3.8) is 0 Å². The summed E-state index contributed by atoms with van der Waals surface area (Å²) in [5.74, 6) is 0. The minimum atomic E-state index is -1.59. The van der Waals surface area contributed by atoms with Gasteiger partial charge in [-0.25, -0.2) is 0 Å². The molecular formula is C12H21Cl2OSiTi. The van der Waals surface area contributed by atoms with Crippen LogP contribution in [0.1, 0.15) is 27.2 Å². The molecule has 1 unspecified atom stereocenters. The average Bonchev–Trinajstić information content (AvgIpc) is 2.47. The maximum absolute atomic E-state index is 6.13. The fourth-order valence-corrected chi connectivity index (χ4v) is 5.33. The summed E-state index contributed by atoms with van der Waals surface area (Å²) in [4.78, 5) is 0. The van der Waals surface area contributed by atoms with Gasteiger partial charge in [0.15, 0.2) is 0 Å². The molecule has 0 aliphatic heterocycles. The van der Waals surface area contributed by atoms with Crippen LogP contribution in [-0.4, -0.2) is 14.4 Å². The molecule has 0 radical (unpaired) electrons. The van der Waals surface area contributed by atoms with E-state index in [1.165, 1.54) is 9.45 Å². The minimum absolute atomic E-state index is 0. The van der Waals surface area contributed by atoms with Crippen LogP contribution in [-0.2, 0) is 24.9 Å². The number of hydrogen-bond acceptors (Lipinski definition) is 1. The molecule has 0 aromatic heterocycles. The summed E-state index contributed by atoms with van der Waals surface area (Å²) in [6.07, 6.45) is 6.03.